The van der Waals surface area contributed by atoms with E-state index in [1.54, 1.807) is 88.4 Å². The van der Waals surface area contributed by atoms with Crippen molar-refractivity contribution < 1.29 is 47.0 Å². The second-order valence-electron chi connectivity index (χ2n) is 16.2. The molecule has 26 heteroatoms. The SMILES string of the molecule is CC(C)C(=O)Nc1nc2n[nH]nc2c(=O)[nH]1.CC[C@H]1S[C@@H](OC(C)=O)[C@@H](OC(=O)c2ccccc2)C1F.CC[C@H]1S[C@@H](n2nnc3c(=O)[nH]c(NC(=O)C(C)C)nc32)[C@@H](OC(=O)c2ccccc2)C1F. The predicted molar refractivity (Wildman–Crippen MR) is 254 cm³/mol. The first-order valence-corrected chi connectivity index (χ1v) is 23.8. The average molecular weight is 1010 g/mol. The summed E-state index contributed by atoms with van der Waals surface area (Å²) in [6.07, 6.45) is -3.99. The Kier molecular flexibility index (Phi) is 17.5. The zero-order valence-electron chi connectivity index (χ0n) is 38.7. The molecule has 372 valence electrons. The summed E-state index contributed by atoms with van der Waals surface area (Å²) in [4.78, 5) is 96.2. The van der Waals surface area contributed by atoms with Gasteiger partial charge in [0.2, 0.25) is 29.4 Å². The van der Waals surface area contributed by atoms with Crippen molar-refractivity contribution in [3.8, 4) is 0 Å². The lowest BCUT2D eigenvalue weighted by Crippen LogP contribution is -2.36. The predicted octanol–water partition coefficient (Wildman–Crippen LogP) is 5.30. The lowest BCUT2D eigenvalue weighted by molar-refractivity contribution is -0.147. The molecule has 8 rings (SSSR count). The average Bonchev–Trinajstić information content (AvgIpc) is 4.12. The molecule has 2 aromatic carbocycles. The summed E-state index contributed by atoms with van der Waals surface area (Å²) in [6, 6.07) is 16.7. The van der Waals surface area contributed by atoms with Crippen LogP contribution in [0.5, 0.6) is 0 Å². The molecule has 5 N–H and O–H groups in total. The standard InChI is InChI=1S/C21H23FN6O4S.C15H17FO4S.C8H10N6O2/c1-4-12-13(22)15(32-20(31)11-8-6-5-7-9-11)19(33-12)28-16-14(26-27-28)18(30)25-21(23-16)24-17(29)10(2)3;1-3-11-12(16)13(15(21-11)19-9(2)17)20-14(18)10-7-5-4-6-8-10;1-3(2)6(15)10-8-9-5-4(7(16)11-8)12-14-13-5/h5-10,12-13,15,19H,4H2,1-3H3,(H2,23,24,25,29,30);4-8,11-13,15H,3H2,1-2H3;3H,1-2H3,(H3,9,10,11,12,13,14,15,16)/t12-,13?,15+,19-;11-,12?,13+,15-;/m11./s1. The van der Waals surface area contributed by atoms with Crippen LogP contribution in [0.2, 0.25) is 0 Å². The summed E-state index contributed by atoms with van der Waals surface area (Å²) in [5.74, 6) is -2.88. The highest BCUT2D eigenvalue weighted by Crippen LogP contribution is 2.47. The molecule has 2 amide bonds. The number of thioether (sulfide) groups is 2. The van der Waals surface area contributed by atoms with E-state index >= 15 is 4.39 Å². The van der Waals surface area contributed by atoms with E-state index < -0.39 is 69.6 Å². The number of carbonyl (C=O) groups excluding carboxylic acids is 5. The second-order valence-corrected chi connectivity index (χ2v) is 18.9. The number of aromatic amines is 3. The zero-order chi connectivity index (χ0) is 50.8. The minimum atomic E-state index is -1.46. The Balaban J connectivity index is 0.000000186. The number of alkyl halides is 2. The molecule has 4 aromatic heterocycles. The van der Waals surface area contributed by atoms with Gasteiger partial charge in [0.25, 0.3) is 11.1 Å². The smallest absolute Gasteiger partial charge is 0.338 e. The number of halogens is 2. The first-order valence-electron chi connectivity index (χ1n) is 22.0. The lowest BCUT2D eigenvalue weighted by Gasteiger charge is -2.21. The molecule has 70 heavy (non-hydrogen) atoms. The van der Waals surface area contributed by atoms with Crippen molar-refractivity contribution in [3.63, 3.8) is 0 Å². The Morgan fingerprint density at radius 2 is 1.20 bits per heavy atom. The Hall–Kier alpha value is -7.09. The van der Waals surface area contributed by atoms with Crippen LogP contribution in [0.4, 0.5) is 20.7 Å². The minimum absolute atomic E-state index is 0.0556. The molecule has 0 bridgehead atoms. The third kappa shape index (κ3) is 12.6. The van der Waals surface area contributed by atoms with Gasteiger partial charge in [-0.25, -0.2) is 23.1 Å². The van der Waals surface area contributed by atoms with Gasteiger partial charge in [-0.1, -0.05) is 83.2 Å². The van der Waals surface area contributed by atoms with E-state index in [1.165, 1.54) is 35.1 Å². The number of fused-ring (bicyclic) bond motifs is 2. The summed E-state index contributed by atoms with van der Waals surface area (Å²) in [6.45, 7) is 11.8. The van der Waals surface area contributed by atoms with Gasteiger partial charge in [-0.2, -0.15) is 15.2 Å². The van der Waals surface area contributed by atoms with E-state index in [0.29, 0.717) is 24.0 Å². The van der Waals surface area contributed by atoms with Gasteiger partial charge in [0.05, 0.1) is 11.1 Å². The Morgan fingerprint density at radius 1 is 0.700 bits per heavy atom. The number of H-pyrrole nitrogens is 3. The topological polar surface area (TPSA) is 301 Å². The van der Waals surface area contributed by atoms with Gasteiger partial charge in [-0.3, -0.25) is 44.6 Å². The molecule has 2 fully saturated rings. The number of amides is 2. The highest BCUT2D eigenvalue weighted by molar-refractivity contribution is 8.00. The molecule has 0 saturated carbocycles. The Morgan fingerprint density at radius 3 is 1.73 bits per heavy atom. The van der Waals surface area contributed by atoms with E-state index in [1.807, 2.05) is 13.8 Å². The molecular weight excluding hydrogens is 959 g/mol. The molecule has 6 aromatic rings. The maximum Gasteiger partial charge on any atom is 0.338 e. The molecule has 6 heterocycles. The fourth-order valence-electron chi connectivity index (χ4n) is 6.67. The summed E-state index contributed by atoms with van der Waals surface area (Å²) in [7, 11) is 0. The van der Waals surface area contributed by atoms with Crippen LogP contribution < -0.4 is 21.8 Å². The number of carbonyl (C=O) groups is 5. The molecule has 2 saturated heterocycles. The van der Waals surface area contributed by atoms with Gasteiger partial charge in [0.15, 0.2) is 46.7 Å². The van der Waals surface area contributed by atoms with E-state index in [0.717, 1.165) is 0 Å². The molecular formula is C44H50F2N12O10S2. The molecule has 2 aliphatic rings. The molecule has 0 spiro atoms. The summed E-state index contributed by atoms with van der Waals surface area (Å²) < 4.78 is 46.8. The quantitative estimate of drug-likeness (QED) is 0.0767. The fraction of sp³-hybridized carbons (Fsp3) is 0.432. The number of nitrogens with one attached hydrogen (secondary N) is 5. The number of rotatable bonds is 12. The van der Waals surface area contributed by atoms with Crippen LogP contribution in [0.15, 0.2) is 70.3 Å². The molecule has 2 aliphatic heterocycles. The number of nitrogens with zero attached hydrogens (tertiary/aromatic N) is 7. The van der Waals surface area contributed by atoms with Crippen molar-refractivity contribution in [2.75, 3.05) is 10.6 Å². The Bertz CT molecular complexity index is 2920. The monoisotopic (exact) mass is 1010 g/mol. The van der Waals surface area contributed by atoms with Crippen molar-refractivity contribution in [2.45, 2.75) is 107 Å². The van der Waals surface area contributed by atoms with Gasteiger partial charge < -0.3 is 14.2 Å². The fourth-order valence-corrected chi connectivity index (χ4v) is 9.54. The largest absolute Gasteiger partial charge is 0.452 e. The zero-order valence-corrected chi connectivity index (χ0v) is 40.4. The van der Waals surface area contributed by atoms with Gasteiger partial charge in [0, 0.05) is 29.3 Å². The molecule has 0 aliphatic carbocycles. The number of esters is 3. The van der Waals surface area contributed by atoms with E-state index in [2.05, 4.69) is 56.3 Å². The molecule has 22 nitrogen and oxygen atoms in total. The van der Waals surface area contributed by atoms with Crippen molar-refractivity contribution in [1.29, 1.82) is 0 Å². The minimum Gasteiger partial charge on any atom is -0.452 e. The molecule has 0 radical (unpaired) electrons. The van der Waals surface area contributed by atoms with E-state index in [4.69, 9.17) is 14.2 Å². The second kappa shape index (κ2) is 23.5. The van der Waals surface area contributed by atoms with E-state index in [-0.39, 0.29) is 63.1 Å². The lowest BCUT2D eigenvalue weighted by atomic mass is 10.1. The van der Waals surface area contributed by atoms with Crippen molar-refractivity contribution in [1.82, 2.24) is 50.3 Å². The highest BCUT2D eigenvalue weighted by atomic mass is 32.2. The van der Waals surface area contributed by atoms with Crippen LogP contribution >= 0.6 is 23.5 Å². The van der Waals surface area contributed by atoms with Gasteiger partial charge >= 0.3 is 17.9 Å². The summed E-state index contributed by atoms with van der Waals surface area (Å²) in [5, 5.41) is 20.9. The van der Waals surface area contributed by atoms with Crippen LogP contribution in [0.1, 0.15) is 87.4 Å². The maximum absolute atomic E-state index is 15.3. The van der Waals surface area contributed by atoms with E-state index in [9.17, 15) is 38.0 Å². The number of aromatic nitrogens is 10. The number of benzene rings is 2. The highest BCUT2D eigenvalue weighted by Gasteiger charge is 2.50. The van der Waals surface area contributed by atoms with Gasteiger partial charge in [-0.15, -0.1) is 38.8 Å². The number of anilines is 2. The number of hydrogen-bond acceptors (Lipinski definition) is 18. The van der Waals surface area contributed by atoms with Gasteiger partial charge in [-0.05, 0) is 37.1 Å². The molecule has 8 atom stereocenters. The van der Waals surface area contributed by atoms with Crippen LogP contribution in [0.3, 0.4) is 0 Å². The van der Waals surface area contributed by atoms with Crippen molar-refractivity contribution in [3.05, 3.63) is 92.5 Å². The van der Waals surface area contributed by atoms with Gasteiger partial charge in [0.1, 0.15) is 5.37 Å². The third-order valence-corrected chi connectivity index (χ3v) is 13.7. The normalized spacial score (nSPS) is 21.6. The maximum atomic E-state index is 15.3. The number of ether oxygens (including phenoxy) is 3. The summed E-state index contributed by atoms with van der Waals surface area (Å²) >= 11 is 2.43. The van der Waals surface area contributed by atoms with Crippen LogP contribution in [-0.2, 0) is 28.6 Å². The van der Waals surface area contributed by atoms with Crippen molar-refractivity contribution in [2.24, 2.45) is 11.8 Å². The molecule has 2 unspecified atom stereocenters. The summed E-state index contributed by atoms with van der Waals surface area (Å²) in [5.41, 5.74) is -0.934. The first-order chi connectivity index (χ1) is 33.4. The van der Waals surface area contributed by atoms with Crippen molar-refractivity contribution >= 4 is 87.5 Å². The third-order valence-electron chi connectivity index (χ3n) is 10.4. The van der Waals surface area contributed by atoms with Crippen LogP contribution in [-0.4, -0.2) is 121 Å². The number of hydrogen-bond donors (Lipinski definition) is 5. The Labute approximate surface area is 405 Å². The first kappa shape index (κ1) is 52.3. The van der Waals surface area contributed by atoms with Crippen LogP contribution in [0, 0.1) is 11.8 Å². The van der Waals surface area contributed by atoms with Crippen LogP contribution in [0.25, 0.3) is 22.3 Å².